The molecule has 0 bridgehead atoms. The molecule has 7 aromatic rings. The van der Waals surface area contributed by atoms with E-state index >= 15 is 0 Å². The Balaban J connectivity index is 1.48. The topological polar surface area (TPSA) is 26.0 Å². The summed E-state index contributed by atoms with van der Waals surface area (Å²) in [4.78, 5) is 6.20. The van der Waals surface area contributed by atoms with Crippen molar-refractivity contribution < 1.29 is 4.42 Å². The van der Waals surface area contributed by atoms with E-state index in [4.69, 9.17) is 9.40 Å². The van der Waals surface area contributed by atoms with E-state index in [1.807, 2.05) is 29.7 Å². The summed E-state index contributed by atoms with van der Waals surface area (Å²) in [5.41, 5.74) is 7.42. The molecule has 2 nitrogen and oxygen atoms in total. The third kappa shape index (κ3) is 2.98. The predicted octanol–water partition coefficient (Wildman–Crippen LogP) is 9.20. The van der Waals surface area contributed by atoms with Crippen molar-refractivity contribution in [2.24, 2.45) is 0 Å². The number of thiophene rings is 1. The van der Waals surface area contributed by atoms with Gasteiger partial charge in [-0.15, -0.1) is 11.3 Å². The molecule has 7 rings (SSSR count). The largest absolute Gasteiger partial charge is 0.455 e. The number of nitrogens with zero attached hydrogens (tertiary/aromatic N) is 1. The fourth-order valence-electron chi connectivity index (χ4n) is 4.77. The number of pyridine rings is 1. The number of rotatable bonds is 3. The zero-order chi connectivity index (χ0) is 22.5. The Kier molecular flexibility index (Phi) is 4.36. The Morgan fingerprint density at radius 1 is 0.618 bits per heavy atom. The summed E-state index contributed by atoms with van der Waals surface area (Å²) in [5.74, 6) is 0. The smallest absolute Gasteiger partial charge is 0.144 e. The van der Waals surface area contributed by atoms with Crippen LogP contribution in [0.4, 0.5) is 0 Å². The highest BCUT2D eigenvalue weighted by Crippen LogP contribution is 2.45. The molecule has 0 spiro atoms. The standard InChI is InChI=1S/C31H19NOS/c1-3-10-20(11-4-1)29-25-19-32-26(18-28(25)34-31(29)21-12-5-2-6-13-21)24-16-9-15-23-22-14-7-8-17-27(22)33-30(23)24/h1-19H. The van der Waals surface area contributed by atoms with Gasteiger partial charge in [-0.25, -0.2) is 0 Å². The van der Waals surface area contributed by atoms with Crippen molar-refractivity contribution in [1.82, 2.24) is 4.98 Å². The van der Waals surface area contributed by atoms with Crippen molar-refractivity contribution in [1.29, 1.82) is 0 Å². The monoisotopic (exact) mass is 453 g/mol. The summed E-state index contributed by atoms with van der Waals surface area (Å²) in [6.45, 7) is 0. The van der Waals surface area contributed by atoms with Gasteiger partial charge in [0, 0.05) is 43.1 Å². The highest BCUT2D eigenvalue weighted by molar-refractivity contribution is 7.23. The molecule has 0 aliphatic heterocycles. The van der Waals surface area contributed by atoms with Crippen LogP contribution in [-0.4, -0.2) is 4.98 Å². The van der Waals surface area contributed by atoms with Crippen LogP contribution in [-0.2, 0) is 0 Å². The number of para-hydroxylation sites is 2. The van der Waals surface area contributed by atoms with Crippen LogP contribution in [0.25, 0.3) is 64.8 Å². The zero-order valence-corrected chi connectivity index (χ0v) is 19.0. The Bertz CT molecular complexity index is 1800. The summed E-state index contributed by atoms with van der Waals surface area (Å²) in [7, 11) is 0. The molecule has 0 fully saturated rings. The summed E-state index contributed by atoms with van der Waals surface area (Å²) < 4.78 is 7.50. The molecule has 0 radical (unpaired) electrons. The maximum absolute atomic E-state index is 6.28. The number of aromatic nitrogens is 1. The first-order chi connectivity index (χ1) is 16.9. The molecule has 3 heteroatoms. The summed E-state index contributed by atoms with van der Waals surface area (Å²) >= 11 is 1.82. The maximum atomic E-state index is 6.28. The molecular weight excluding hydrogens is 434 g/mol. The molecule has 0 aliphatic rings. The van der Waals surface area contributed by atoms with Gasteiger partial charge in [-0.2, -0.15) is 0 Å². The lowest BCUT2D eigenvalue weighted by atomic mass is 9.99. The lowest BCUT2D eigenvalue weighted by molar-refractivity contribution is 0.670. The Labute approximate surface area is 200 Å². The maximum Gasteiger partial charge on any atom is 0.144 e. The quantitative estimate of drug-likeness (QED) is 0.266. The van der Waals surface area contributed by atoms with E-state index < -0.39 is 0 Å². The Morgan fingerprint density at radius 2 is 1.32 bits per heavy atom. The van der Waals surface area contributed by atoms with Crippen molar-refractivity contribution in [3.63, 3.8) is 0 Å². The van der Waals surface area contributed by atoms with Crippen LogP contribution in [0.5, 0.6) is 0 Å². The van der Waals surface area contributed by atoms with Gasteiger partial charge in [0.15, 0.2) is 0 Å². The zero-order valence-electron chi connectivity index (χ0n) is 18.2. The van der Waals surface area contributed by atoms with E-state index in [0.717, 1.165) is 33.2 Å². The van der Waals surface area contributed by atoms with Crippen molar-refractivity contribution >= 4 is 43.4 Å². The molecule has 4 aromatic carbocycles. The number of furan rings is 1. The average molecular weight is 454 g/mol. The van der Waals surface area contributed by atoms with Gasteiger partial charge in [0.05, 0.1) is 5.69 Å². The highest BCUT2D eigenvalue weighted by Gasteiger charge is 2.18. The van der Waals surface area contributed by atoms with Crippen molar-refractivity contribution in [3.8, 4) is 32.8 Å². The molecule has 0 atom stereocenters. The Morgan fingerprint density at radius 3 is 2.15 bits per heavy atom. The predicted molar refractivity (Wildman–Crippen MR) is 143 cm³/mol. The molecule has 3 heterocycles. The summed E-state index contributed by atoms with van der Waals surface area (Å²) in [6.07, 6.45) is 2.03. The SMILES string of the molecule is c1ccc(-c2sc3cc(-c4cccc5c4oc4ccccc45)ncc3c2-c2ccccc2)cc1. The lowest BCUT2D eigenvalue weighted by Crippen LogP contribution is -1.85. The van der Waals surface area contributed by atoms with E-state index in [0.29, 0.717) is 0 Å². The fraction of sp³-hybridized carbons (Fsp3) is 0. The molecular formula is C31H19NOS. The first kappa shape index (κ1) is 19.3. The summed E-state index contributed by atoms with van der Waals surface area (Å²) in [6, 6.07) is 37.9. The first-order valence-corrected chi connectivity index (χ1v) is 12.1. The van der Waals surface area contributed by atoms with Crippen LogP contribution in [0.2, 0.25) is 0 Å². The lowest BCUT2D eigenvalue weighted by Gasteiger charge is -2.06. The molecule has 0 N–H and O–H groups in total. The minimum absolute atomic E-state index is 0.888. The average Bonchev–Trinajstić information content (AvgIpc) is 3.48. The van der Waals surface area contributed by atoms with Gasteiger partial charge >= 0.3 is 0 Å². The molecule has 0 saturated heterocycles. The van der Waals surface area contributed by atoms with Gasteiger partial charge in [0.2, 0.25) is 0 Å². The van der Waals surface area contributed by atoms with Crippen LogP contribution in [0.15, 0.2) is 120 Å². The molecule has 3 aromatic heterocycles. The second kappa shape index (κ2) is 7.68. The number of hydrogen-bond donors (Lipinski definition) is 0. The molecule has 0 aliphatic carbocycles. The van der Waals surface area contributed by atoms with Crippen molar-refractivity contribution in [3.05, 3.63) is 115 Å². The number of hydrogen-bond acceptors (Lipinski definition) is 3. The van der Waals surface area contributed by atoms with Gasteiger partial charge in [0.25, 0.3) is 0 Å². The highest BCUT2D eigenvalue weighted by atomic mass is 32.1. The van der Waals surface area contributed by atoms with E-state index in [9.17, 15) is 0 Å². The van der Waals surface area contributed by atoms with E-state index in [1.165, 1.54) is 31.7 Å². The van der Waals surface area contributed by atoms with Gasteiger partial charge in [-0.05, 0) is 29.3 Å². The van der Waals surface area contributed by atoms with Crippen LogP contribution in [0, 0.1) is 0 Å². The van der Waals surface area contributed by atoms with Gasteiger partial charge in [-0.3, -0.25) is 4.98 Å². The third-order valence-electron chi connectivity index (χ3n) is 6.35. The van der Waals surface area contributed by atoms with Crippen LogP contribution >= 0.6 is 11.3 Å². The first-order valence-electron chi connectivity index (χ1n) is 11.3. The molecule has 160 valence electrons. The van der Waals surface area contributed by atoms with Gasteiger partial charge in [0.1, 0.15) is 11.2 Å². The summed E-state index contributed by atoms with van der Waals surface area (Å²) in [5, 5.41) is 3.43. The number of benzene rings is 4. The van der Waals surface area contributed by atoms with Gasteiger partial charge in [-0.1, -0.05) is 91.0 Å². The minimum atomic E-state index is 0.888. The molecule has 0 saturated carbocycles. The van der Waals surface area contributed by atoms with Crippen LogP contribution < -0.4 is 0 Å². The van der Waals surface area contributed by atoms with Gasteiger partial charge < -0.3 is 4.42 Å². The molecule has 0 amide bonds. The fourth-order valence-corrected chi connectivity index (χ4v) is 6.01. The molecule has 34 heavy (non-hydrogen) atoms. The molecule has 0 unspecified atom stereocenters. The second-order valence-electron chi connectivity index (χ2n) is 8.38. The Hall–Kier alpha value is -4.21. The third-order valence-corrected chi connectivity index (χ3v) is 7.55. The van der Waals surface area contributed by atoms with Crippen molar-refractivity contribution in [2.75, 3.05) is 0 Å². The van der Waals surface area contributed by atoms with E-state index in [-0.39, 0.29) is 0 Å². The van der Waals surface area contributed by atoms with E-state index in [2.05, 4.69) is 97.1 Å². The van der Waals surface area contributed by atoms with Crippen LogP contribution in [0.3, 0.4) is 0 Å². The van der Waals surface area contributed by atoms with Crippen LogP contribution in [0.1, 0.15) is 0 Å². The number of fused-ring (bicyclic) bond motifs is 4. The normalized spacial score (nSPS) is 11.5. The van der Waals surface area contributed by atoms with Crippen molar-refractivity contribution in [2.45, 2.75) is 0 Å². The second-order valence-corrected chi connectivity index (χ2v) is 9.44. The van der Waals surface area contributed by atoms with E-state index in [1.54, 1.807) is 0 Å². The minimum Gasteiger partial charge on any atom is -0.455 e.